The second-order valence-corrected chi connectivity index (χ2v) is 5.14. The van der Waals surface area contributed by atoms with Crippen molar-refractivity contribution in [1.82, 2.24) is 4.90 Å². The Kier molecular flexibility index (Phi) is 3.99. The first-order valence-corrected chi connectivity index (χ1v) is 7.10. The maximum atomic E-state index is 13.7. The van der Waals surface area contributed by atoms with Crippen LogP contribution in [0.25, 0.3) is 0 Å². The van der Waals surface area contributed by atoms with Crippen LogP contribution in [-0.4, -0.2) is 36.3 Å². The summed E-state index contributed by atoms with van der Waals surface area (Å²) in [5.41, 5.74) is 0.167. The van der Waals surface area contributed by atoms with Crippen molar-refractivity contribution in [2.24, 2.45) is 0 Å². The lowest BCUT2D eigenvalue weighted by atomic mass is 10.1. The van der Waals surface area contributed by atoms with Crippen LogP contribution >= 0.6 is 0 Å². The molecule has 122 valence electrons. The van der Waals surface area contributed by atoms with E-state index in [0.717, 1.165) is 11.0 Å². The standard InChI is InChI=1S/C17H13FN2O4/c1-24-11-7-5-10(6-8-11)19-14(21)9-20-16(22)12-3-2-4-13(18)15(12)17(20)23/h2-8H,9H2,1H3,(H,19,21). The molecule has 3 amide bonds. The van der Waals surface area contributed by atoms with Crippen molar-refractivity contribution >= 4 is 23.4 Å². The molecule has 0 fully saturated rings. The van der Waals surface area contributed by atoms with Crippen LogP contribution in [0.5, 0.6) is 5.75 Å². The summed E-state index contributed by atoms with van der Waals surface area (Å²) in [6.07, 6.45) is 0. The van der Waals surface area contributed by atoms with Gasteiger partial charge < -0.3 is 10.1 Å². The molecular formula is C17H13FN2O4. The Morgan fingerprint density at radius 2 is 1.83 bits per heavy atom. The van der Waals surface area contributed by atoms with Crippen molar-refractivity contribution < 1.29 is 23.5 Å². The minimum Gasteiger partial charge on any atom is -0.497 e. The fraction of sp³-hybridized carbons (Fsp3) is 0.118. The summed E-state index contributed by atoms with van der Waals surface area (Å²) in [6.45, 7) is -0.488. The van der Waals surface area contributed by atoms with E-state index in [1.165, 1.54) is 19.2 Å². The van der Waals surface area contributed by atoms with Gasteiger partial charge in [0.15, 0.2) is 0 Å². The second kappa shape index (κ2) is 6.11. The number of rotatable bonds is 4. The van der Waals surface area contributed by atoms with Crippen LogP contribution in [0.15, 0.2) is 42.5 Å². The van der Waals surface area contributed by atoms with E-state index < -0.39 is 30.1 Å². The van der Waals surface area contributed by atoms with Gasteiger partial charge in [-0.1, -0.05) is 6.07 Å². The van der Waals surface area contributed by atoms with Gasteiger partial charge in [0.1, 0.15) is 18.1 Å². The van der Waals surface area contributed by atoms with Gasteiger partial charge in [0, 0.05) is 5.69 Å². The summed E-state index contributed by atoms with van der Waals surface area (Å²) in [7, 11) is 1.52. The number of fused-ring (bicyclic) bond motifs is 1. The molecule has 0 saturated carbocycles. The molecule has 1 heterocycles. The average Bonchev–Trinajstić information content (AvgIpc) is 2.81. The molecular weight excluding hydrogens is 315 g/mol. The number of benzene rings is 2. The number of anilines is 1. The molecule has 0 saturated heterocycles. The molecule has 0 radical (unpaired) electrons. The molecule has 24 heavy (non-hydrogen) atoms. The molecule has 0 aliphatic carbocycles. The van der Waals surface area contributed by atoms with E-state index >= 15 is 0 Å². The van der Waals surface area contributed by atoms with Crippen LogP contribution < -0.4 is 10.1 Å². The van der Waals surface area contributed by atoms with Gasteiger partial charge in [-0.25, -0.2) is 4.39 Å². The highest BCUT2D eigenvalue weighted by atomic mass is 19.1. The topological polar surface area (TPSA) is 75.7 Å². The maximum Gasteiger partial charge on any atom is 0.265 e. The summed E-state index contributed by atoms with van der Waals surface area (Å²) in [5.74, 6) is -2.19. The first kappa shape index (κ1) is 15.7. The number of carbonyl (C=O) groups is 3. The number of nitrogens with zero attached hydrogens (tertiary/aromatic N) is 1. The SMILES string of the molecule is COc1ccc(NC(=O)CN2C(=O)c3cccc(F)c3C2=O)cc1. The Hall–Kier alpha value is -3.22. The third-order valence-corrected chi connectivity index (χ3v) is 3.62. The summed E-state index contributed by atoms with van der Waals surface area (Å²) in [4.78, 5) is 37.1. The quantitative estimate of drug-likeness (QED) is 0.872. The van der Waals surface area contributed by atoms with Crippen LogP contribution in [0.3, 0.4) is 0 Å². The van der Waals surface area contributed by atoms with Gasteiger partial charge in [-0.15, -0.1) is 0 Å². The first-order valence-electron chi connectivity index (χ1n) is 7.10. The zero-order valence-electron chi connectivity index (χ0n) is 12.7. The van der Waals surface area contributed by atoms with E-state index in [2.05, 4.69) is 5.32 Å². The van der Waals surface area contributed by atoms with E-state index in [1.54, 1.807) is 24.3 Å². The number of hydrogen-bond acceptors (Lipinski definition) is 4. The lowest BCUT2D eigenvalue weighted by molar-refractivity contribution is -0.116. The Balaban J connectivity index is 1.72. The largest absolute Gasteiger partial charge is 0.497 e. The molecule has 0 unspecified atom stereocenters. The molecule has 0 aromatic heterocycles. The van der Waals surface area contributed by atoms with Crippen molar-refractivity contribution in [1.29, 1.82) is 0 Å². The summed E-state index contributed by atoms with van der Waals surface area (Å²) in [5, 5.41) is 2.57. The van der Waals surface area contributed by atoms with Gasteiger partial charge in [0.25, 0.3) is 11.8 Å². The number of imide groups is 1. The average molecular weight is 328 g/mol. The smallest absolute Gasteiger partial charge is 0.265 e. The molecule has 6 nitrogen and oxygen atoms in total. The predicted molar refractivity (Wildman–Crippen MR) is 83.4 cm³/mol. The fourth-order valence-electron chi connectivity index (χ4n) is 2.45. The lowest BCUT2D eigenvalue weighted by Crippen LogP contribution is -2.37. The number of carbonyl (C=O) groups excluding carboxylic acids is 3. The monoisotopic (exact) mass is 328 g/mol. The molecule has 2 aromatic carbocycles. The van der Waals surface area contributed by atoms with Crippen molar-refractivity contribution in [3.63, 3.8) is 0 Å². The Bertz CT molecular complexity index is 833. The van der Waals surface area contributed by atoms with Gasteiger partial charge in [0.05, 0.1) is 18.2 Å². The number of methoxy groups -OCH3 is 1. The molecule has 1 N–H and O–H groups in total. The highest BCUT2D eigenvalue weighted by molar-refractivity contribution is 6.22. The van der Waals surface area contributed by atoms with E-state index in [1.807, 2.05) is 0 Å². The van der Waals surface area contributed by atoms with Crippen molar-refractivity contribution in [3.8, 4) is 5.75 Å². The van der Waals surface area contributed by atoms with E-state index in [9.17, 15) is 18.8 Å². The minimum absolute atomic E-state index is 0.0303. The fourth-order valence-corrected chi connectivity index (χ4v) is 2.45. The van der Waals surface area contributed by atoms with Crippen molar-refractivity contribution in [2.45, 2.75) is 0 Å². The normalized spacial score (nSPS) is 13.0. The van der Waals surface area contributed by atoms with E-state index in [-0.39, 0.29) is 11.1 Å². The van der Waals surface area contributed by atoms with Gasteiger partial charge in [-0.3, -0.25) is 19.3 Å². The van der Waals surface area contributed by atoms with Gasteiger partial charge >= 0.3 is 0 Å². The number of hydrogen-bond donors (Lipinski definition) is 1. The van der Waals surface area contributed by atoms with Gasteiger partial charge in [0.2, 0.25) is 5.91 Å². The van der Waals surface area contributed by atoms with Gasteiger partial charge in [-0.2, -0.15) is 0 Å². The highest BCUT2D eigenvalue weighted by Crippen LogP contribution is 2.25. The zero-order valence-corrected chi connectivity index (χ0v) is 12.7. The van der Waals surface area contributed by atoms with Crippen LogP contribution in [0.2, 0.25) is 0 Å². The lowest BCUT2D eigenvalue weighted by Gasteiger charge is -2.13. The van der Waals surface area contributed by atoms with Gasteiger partial charge in [-0.05, 0) is 36.4 Å². The molecule has 0 spiro atoms. The third-order valence-electron chi connectivity index (χ3n) is 3.62. The molecule has 0 bridgehead atoms. The molecule has 2 aromatic rings. The van der Waals surface area contributed by atoms with E-state index in [4.69, 9.17) is 4.74 Å². The third kappa shape index (κ3) is 2.71. The van der Waals surface area contributed by atoms with Crippen molar-refractivity contribution in [2.75, 3.05) is 19.0 Å². The molecule has 1 aliphatic rings. The Labute approximate surface area is 136 Å². The van der Waals surface area contributed by atoms with Crippen LogP contribution in [0.4, 0.5) is 10.1 Å². The zero-order chi connectivity index (χ0) is 17.3. The van der Waals surface area contributed by atoms with Crippen molar-refractivity contribution in [3.05, 3.63) is 59.4 Å². The molecule has 7 heteroatoms. The number of amides is 3. The molecule has 0 atom stereocenters. The highest BCUT2D eigenvalue weighted by Gasteiger charge is 2.38. The second-order valence-electron chi connectivity index (χ2n) is 5.14. The summed E-state index contributed by atoms with van der Waals surface area (Å²) < 4.78 is 18.7. The van der Waals surface area contributed by atoms with Crippen LogP contribution in [0, 0.1) is 5.82 Å². The molecule has 1 aliphatic heterocycles. The predicted octanol–water partition coefficient (Wildman–Crippen LogP) is 2.07. The summed E-state index contributed by atoms with van der Waals surface area (Å²) in [6, 6.07) is 10.4. The number of nitrogens with one attached hydrogen (secondary N) is 1. The van der Waals surface area contributed by atoms with E-state index in [0.29, 0.717) is 11.4 Å². The van der Waals surface area contributed by atoms with Crippen LogP contribution in [0.1, 0.15) is 20.7 Å². The maximum absolute atomic E-state index is 13.7. The minimum atomic E-state index is -0.807. The van der Waals surface area contributed by atoms with Crippen LogP contribution in [-0.2, 0) is 4.79 Å². The first-order chi connectivity index (χ1) is 11.5. The molecule has 3 rings (SSSR count). The number of halogens is 1. The summed E-state index contributed by atoms with van der Waals surface area (Å²) >= 11 is 0. The Morgan fingerprint density at radius 3 is 2.46 bits per heavy atom. The Morgan fingerprint density at radius 1 is 1.12 bits per heavy atom. The number of ether oxygens (including phenoxy) is 1.